The quantitative estimate of drug-likeness (QED) is 0.802. The normalized spacial score (nSPS) is 24.1. The molecule has 2 unspecified atom stereocenters. The predicted molar refractivity (Wildman–Crippen MR) is 110 cm³/mol. The number of rotatable bonds is 3. The lowest BCUT2D eigenvalue weighted by Gasteiger charge is -2.44. The third-order valence-corrected chi connectivity index (χ3v) is 6.54. The molecule has 2 aromatic carbocycles. The van der Waals surface area contributed by atoms with Crippen LogP contribution < -0.4 is 4.74 Å². The summed E-state index contributed by atoms with van der Waals surface area (Å²) in [5, 5.41) is 9.75. The van der Waals surface area contributed by atoms with E-state index >= 15 is 0 Å². The van der Waals surface area contributed by atoms with Crippen LogP contribution in [-0.4, -0.2) is 40.8 Å². The van der Waals surface area contributed by atoms with Gasteiger partial charge in [-0.3, -0.25) is 9.59 Å². The number of aliphatic carboxylic acids is 1. The van der Waals surface area contributed by atoms with Crippen molar-refractivity contribution >= 4 is 23.5 Å². The Labute approximate surface area is 179 Å². The van der Waals surface area contributed by atoms with Crippen LogP contribution in [0.15, 0.2) is 42.5 Å². The van der Waals surface area contributed by atoms with Gasteiger partial charge in [-0.05, 0) is 41.8 Å². The van der Waals surface area contributed by atoms with Gasteiger partial charge in [-0.2, -0.15) is 0 Å². The van der Waals surface area contributed by atoms with E-state index in [9.17, 15) is 9.59 Å². The van der Waals surface area contributed by atoms with Crippen LogP contribution >= 0.6 is 11.6 Å². The number of carbonyl (C=O) groups excluding carboxylic acids is 1. The zero-order valence-electron chi connectivity index (χ0n) is 16.3. The molecule has 30 heavy (non-hydrogen) atoms. The Morgan fingerprint density at radius 3 is 2.40 bits per heavy atom. The fourth-order valence-corrected chi connectivity index (χ4v) is 4.47. The number of amides is 1. The highest BCUT2D eigenvalue weighted by Gasteiger charge is 2.51. The summed E-state index contributed by atoms with van der Waals surface area (Å²) >= 11 is 5.98. The van der Waals surface area contributed by atoms with E-state index in [0.717, 1.165) is 22.4 Å². The number of piperidine rings is 1. The molecule has 0 bridgehead atoms. The average molecular weight is 428 g/mol. The van der Waals surface area contributed by atoms with Crippen molar-refractivity contribution in [3.63, 3.8) is 0 Å². The van der Waals surface area contributed by atoms with Crippen LogP contribution in [0.2, 0.25) is 5.02 Å². The standard InChI is InChI=1S/C23H22ClNO5/c24-17-4-1-14(2-5-17)15-3-6-20-16(11-15)13-29-23(30-20)7-9-25(10-8-23)21(26)18-12-19(18)22(27)28/h1-6,11,18-19H,7-10,12-13H2,(H,27,28). The third kappa shape index (κ3) is 3.55. The summed E-state index contributed by atoms with van der Waals surface area (Å²) < 4.78 is 12.4. The molecule has 156 valence electrons. The first kappa shape index (κ1) is 19.4. The Morgan fingerprint density at radius 2 is 1.73 bits per heavy atom. The van der Waals surface area contributed by atoms with Crippen molar-refractivity contribution in [2.75, 3.05) is 13.1 Å². The number of benzene rings is 2. The number of likely N-dealkylation sites (tertiary alicyclic amines) is 1. The molecule has 7 heteroatoms. The molecule has 1 amide bonds. The molecule has 1 spiro atoms. The molecule has 1 aliphatic carbocycles. The molecule has 0 aromatic heterocycles. The minimum Gasteiger partial charge on any atom is -0.481 e. The van der Waals surface area contributed by atoms with Gasteiger partial charge < -0.3 is 19.5 Å². The summed E-state index contributed by atoms with van der Waals surface area (Å²) in [6.07, 6.45) is 1.59. The van der Waals surface area contributed by atoms with Crippen molar-refractivity contribution in [2.45, 2.75) is 31.7 Å². The first-order chi connectivity index (χ1) is 14.4. The summed E-state index contributed by atoms with van der Waals surface area (Å²) in [4.78, 5) is 25.3. The summed E-state index contributed by atoms with van der Waals surface area (Å²) in [5.74, 6) is -1.72. The Bertz CT molecular complexity index is 997. The first-order valence-electron chi connectivity index (χ1n) is 10.2. The van der Waals surface area contributed by atoms with Crippen molar-refractivity contribution < 1.29 is 24.2 Å². The number of carboxylic acids is 1. The number of hydrogen-bond donors (Lipinski definition) is 1. The van der Waals surface area contributed by atoms with Crippen LogP contribution in [0.1, 0.15) is 24.8 Å². The number of ether oxygens (including phenoxy) is 2. The van der Waals surface area contributed by atoms with Crippen molar-refractivity contribution in [2.24, 2.45) is 11.8 Å². The smallest absolute Gasteiger partial charge is 0.307 e. The molecule has 1 saturated heterocycles. The minimum absolute atomic E-state index is 0.0546. The highest BCUT2D eigenvalue weighted by Crippen LogP contribution is 2.43. The zero-order valence-corrected chi connectivity index (χ0v) is 17.1. The summed E-state index contributed by atoms with van der Waals surface area (Å²) in [5.41, 5.74) is 3.15. The van der Waals surface area contributed by atoms with Crippen LogP contribution in [0.5, 0.6) is 5.75 Å². The molecule has 2 atom stereocenters. The monoisotopic (exact) mass is 427 g/mol. The fourth-order valence-electron chi connectivity index (χ4n) is 4.34. The van der Waals surface area contributed by atoms with Gasteiger partial charge in [-0.1, -0.05) is 29.8 Å². The van der Waals surface area contributed by atoms with E-state index < -0.39 is 17.7 Å². The Hall–Kier alpha value is -2.57. The molecule has 0 radical (unpaired) electrons. The van der Waals surface area contributed by atoms with Crippen LogP contribution in [0.25, 0.3) is 11.1 Å². The van der Waals surface area contributed by atoms with Gasteiger partial charge in [0.15, 0.2) is 0 Å². The van der Waals surface area contributed by atoms with E-state index in [1.807, 2.05) is 36.4 Å². The lowest BCUT2D eigenvalue weighted by atomic mass is 9.99. The first-order valence-corrected chi connectivity index (χ1v) is 10.6. The van der Waals surface area contributed by atoms with Gasteiger partial charge >= 0.3 is 5.97 Å². The number of carbonyl (C=O) groups is 2. The van der Waals surface area contributed by atoms with Crippen molar-refractivity contribution in [1.29, 1.82) is 0 Å². The maximum absolute atomic E-state index is 12.5. The largest absolute Gasteiger partial charge is 0.481 e. The van der Waals surface area contributed by atoms with Crippen LogP contribution in [-0.2, 0) is 20.9 Å². The lowest BCUT2D eigenvalue weighted by Crippen LogP contribution is -2.52. The molecule has 1 saturated carbocycles. The maximum Gasteiger partial charge on any atom is 0.307 e. The SMILES string of the molecule is O=C(O)C1CC1C(=O)N1CCC2(CC1)OCc1cc(-c3ccc(Cl)cc3)ccc1O2. The minimum atomic E-state index is -0.879. The Kier molecular flexibility index (Phi) is 4.71. The van der Waals surface area contributed by atoms with Crippen molar-refractivity contribution in [3.8, 4) is 16.9 Å². The third-order valence-electron chi connectivity index (χ3n) is 6.29. The van der Waals surface area contributed by atoms with Crippen LogP contribution in [0.3, 0.4) is 0 Å². The predicted octanol–water partition coefficient (Wildman–Crippen LogP) is 3.96. The van der Waals surface area contributed by atoms with Crippen LogP contribution in [0.4, 0.5) is 0 Å². The topological polar surface area (TPSA) is 76.1 Å². The second-order valence-corrected chi connectivity index (χ2v) is 8.68. The molecular formula is C23H22ClNO5. The molecule has 2 aliphatic heterocycles. The van der Waals surface area contributed by atoms with Crippen molar-refractivity contribution in [1.82, 2.24) is 4.90 Å². The molecule has 5 rings (SSSR count). The molecule has 3 aliphatic rings. The molecule has 2 aromatic rings. The number of halogens is 1. The van der Waals surface area contributed by atoms with Crippen LogP contribution in [0, 0.1) is 11.8 Å². The lowest BCUT2D eigenvalue weighted by molar-refractivity contribution is -0.227. The number of nitrogens with zero attached hydrogens (tertiary/aromatic N) is 1. The second kappa shape index (κ2) is 7.29. The van der Waals surface area contributed by atoms with E-state index in [1.54, 1.807) is 4.90 Å². The fraction of sp³-hybridized carbons (Fsp3) is 0.391. The Balaban J connectivity index is 1.24. The summed E-state index contributed by atoms with van der Waals surface area (Å²) in [6.45, 7) is 1.48. The molecule has 2 heterocycles. The maximum atomic E-state index is 12.5. The van der Waals surface area contributed by atoms with Crippen molar-refractivity contribution in [3.05, 3.63) is 53.1 Å². The average Bonchev–Trinajstić information content (AvgIpc) is 3.55. The van der Waals surface area contributed by atoms with E-state index in [0.29, 0.717) is 44.0 Å². The highest BCUT2D eigenvalue weighted by molar-refractivity contribution is 6.30. The zero-order chi connectivity index (χ0) is 20.9. The molecule has 1 N–H and O–H groups in total. The highest BCUT2D eigenvalue weighted by atomic mass is 35.5. The van der Waals surface area contributed by atoms with E-state index in [1.165, 1.54) is 0 Å². The van der Waals surface area contributed by atoms with Gasteiger partial charge in [0.05, 0.1) is 18.4 Å². The second-order valence-electron chi connectivity index (χ2n) is 8.24. The van der Waals surface area contributed by atoms with Gasteiger partial charge in [0, 0.05) is 36.5 Å². The molecule has 2 fully saturated rings. The van der Waals surface area contributed by atoms with Gasteiger partial charge in [0.25, 0.3) is 0 Å². The van der Waals surface area contributed by atoms with Gasteiger partial charge in [0.2, 0.25) is 11.7 Å². The number of fused-ring (bicyclic) bond motifs is 1. The Morgan fingerprint density at radius 1 is 1.03 bits per heavy atom. The summed E-state index contributed by atoms with van der Waals surface area (Å²) in [7, 11) is 0. The van der Waals surface area contributed by atoms with E-state index in [-0.39, 0.29) is 11.8 Å². The summed E-state index contributed by atoms with van der Waals surface area (Å²) in [6, 6.07) is 13.8. The molecular weight excluding hydrogens is 406 g/mol. The van der Waals surface area contributed by atoms with Gasteiger partial charge in [-0.25, -0.2) is 0 Å². The molecule has 6 nitrogen and oxygen atoms in total. The number of carboxylic acid groups (broad SMARTS) is 1. The van der Waals surface area contributed by atoms with E-state index in [4.69, 9.17) is 26.2 Å². The number of hydrogen-bond acceptors (Lipinski definition) is 4. The van der Waals surface area contributed by atoms with E-state index in [2.05, 4.69) is 6.07 Å². The van der Waals surface area contributed by atoms with Gasteiger partial charge in [0.1, 0.15) is 5.75 Å². The van der Waals surface area contributed by atoms with Gasteiger partial charge in [-0.15, -0.1) is 0 Å².